The fourth-order valence-corrected chi connectivity index (χ4v) is 1.22. The fraction of sp³-hybridized carbons (Fsp3) is 0.182. The molecule has 1 rings (SSSR count). The van der Waals surface area contributed by atoms with Gasteiger partial charge in [-0.05, 0) is 17.7 Å². The first-order valence-corrected chi connectivity index (χ1v) is 4.10. The van der Waals surface area contributed by atoms with Crippen LogP contribution in [-0.4, -0.2) is 20.5 Å². The minimum Gasteiger partial charge on any atom is -0.493 e. The van der Waals surface area contributed by atoms with E-state index in [4.69, 9.17) is 9.47 Å². The Morgan fingerprint density at radius 3 is 2.43 bits per heavy atom. The summed E-state index contributed by atoms with van der Waals surface area (Å²) in [6, 6.07) is 3.46. The molecule has 0 aromatic heterocycles. The zero-order valence-corrected chi connectivity index (χ0v) is 8.24. The van der Waals surface area contributed by atoms with Gasteiger partial charge in [-0.3, -0.25) is 4.79 Å². The Hall–Kier alpha value is -1.77. The zero-order valence-electron chi connectivity index (χ0n) is 8.24. The molecule has 3 heteroatoms. The SMILES string of the molecule is C=Cc1cc(C=O)c(OC)c(OC)c1. The maximum absolute atomic E-state index is 10.8. The van der Waals surface area contributed by atoms with Crippen LogP contribution in [-0.2, 0) is 0 Å². The minimum absolute atomic E-state index is 0.452. The van der Waals surface area contributed by atoms with Crippen molar-refractivity contribution in [2.24, 2.45) is 0 Å². The average molecular weight is 192 g/mol. The Morgan fingerprint density at radius 1 is 1.29 bits per heavy atom. The topological polar surface area (TPSA) is 35.5 Å². The van der Waals surface area contributed by atoms with Gasteiger partial charge in [0, 0.05) is 0 Å². The molecule has 0 unspecified atom stereocenters. The molecule has 3 nitrogen and oxygen atoms in total. The van der Waals surface area contributed by atoms with Gasteiger partial charge in [0.25, 0.3) is 0 Å². The van der Waals surface area contributed by atoms with Crippen molar-refractivity contribution in [1.29, 1.82) is 0 Å². The van der Waals surface area contributed by atoms with Gasteiger partial charge in [0.1, 0.15) is 0 Å². The molecule has 0 saturated heterocycles. The quantitative estimate of drug-likeness (QED) is 0.686. The van der Waals surface area contributed by atoms with E-state index in [0.29, 0.717) is 17.1 Å². The van der Waals surface area contributed by atoms with Gasteiger partial charge in [-0.25, -0.2) is 0 Å². The van der Waals surface area contributed by atoms with Crippen molar-refractivity contribution in [3.05, 3.63) is 29.8 Å². The maximum Gasteiger partial charge on any atom is 0.171 e. The van der Waals surface area contributed by atoms with Gasteiger partial charge in [0.15, 0.2) is 17.8 Å². The van der Waals surface area contributed by atoms with Crippen molar-refractivity contribution >= 4 is 12.4 Å². The Kier molecular flexibility index (Phi) is 3.29. The Labute approximate surface area is 83.0 Å². The molecule has 1 aromatic rings. The van der Waals surface area contributed by atoms with E-state index in [1.54, 1.807) is 18.2 Å². The number of carbonyl (C=O) groups is 1. The molecule has 0 N–H and O–H groups in total. The largest absolute Gasteiger partial charge is 0.493 e. The van der Waals surface area contributed by atoms with Crippen molar-refractivity contribution in [3.8, 4) is 11.5 Å². The van der Waals surface area contributed by atoms with Crippen LogP contribution in [0.2, 0.25) is 0 Å². The summed E-state index contributed by atoms with van der Waals surface area (Å²) in [5.41, 5.74) is 1.28. The summed E-state index contributed by atoms with van der Waals surface area (Å²) in [6.45, 7) is 3.62. The number of benzene rings is 1. The van der Waals surface area contributed by atoms with Crippen molar-refractivity contribution < 1.29 is 14.3 Å². The van der Waals surface area contributed by atoms with Crippen molar-refractivity contribution in [3.63, 3.8) is 0 Å². The van der Waals surface area contributed by atoms with Crippen LogP contribution >= 0.6 is 0 Å². The highest BCUT2D eigenvalue weighted by molar-refractivity contribution is 5.83. The second-order valence-electron chi connectivity index (χ2n) is 2.67. The van der Waals surface area contributed by atoms with Gasteiger partial charge < -0.3 is 9.47 Å². The first-order chi connectivity index (χ1) is 6.76. The highest BCUT2D eigenvalue weighted by atomic mass is 16.5. The Bertz CT molecular complexity index is 356. The number of ether oxygens (including phenoxy) is 2. The molecule has 0 aliphatic rings. The lowest BCUT2D eigenvalue weighted by Gasteiger charge is -2.10. The molecular formula is C11H12O3. The summed E-state index contributed by atoms with van der Waals surface area (Å²) in [6.07, 6.45) is 2.38. The molecule has 0 atom stereocenters. The van der Waals surface area contributed by atoms with Gasteiger partial charge in [-0.1, -0.05) is 12.7 Å². The summed E-state index contributed by atoms with van der Waals surface area (Å²) in [5.74, 6) is 0.986. The van der Waals surface area contributed by atoms with Crippen LogP contribution < -0.4 is 9.47 Å². The molecule has 0 aliphatic carbocycles. The summed E-state index contributed by atoms with van der Waals surface area (Å²) in [4.78, 5) is 10.8. The van der Waals surface area contributed by atoms with E-state index in [9.17, 15) is 4.79 Å². The third-order valence-electron chi connectivity index (χ3n) is 1.89. The molecule has 0 amide bonds. The van der Waals surface area contributed by atoms with Gasteiger partial charge in [-0.15, -0.1) is 0 Å². The number of carbonyl (C=O) groups excluding carboxylic acids is 1. The standard InChI is InChI=1S/C11H12O3/c1-4-8-5-9(7-12)11(14-3)10(6-8)13-2/h4-7H,1H2,2-3H3. The Balaban J connectivity index is 3.38. The maximum atomic E-state index is 10.8. The van der Waals surface area contributed by atoms with Gasteiger partial charge in [-0.2, -0.15) is 0 Å². The van der Waals surface area contributed by atoms with E-state index < -0.39 is 0 Å². The summed E-state index contributed by atoms with van der Waals surface area (Å²) in [7, 11) is 3.03. The molecule has 0 heterocycles. The molecule has 0 aliphatic heterocycles. The number of hydrogen-bond donors (Lipinski definition) is 0. The third-order valence-corrected chi connectivity index (χ3v) is 1.89. The second-order valence-corrected chi connectivity index (χ2v) is 2.67. The molecule has 0 fully saturated rings. The van der Waals surface area contributed by atoms with Gasteiger partial charge >= 0.3 is 0 Å². The van der Waals surface area contributed by atoms with Crippen LogP contribution in [0, 0.1) is 0 Å². The normalized spacial score (nSPS) is 9.29. The van der Waals surface area contributed by atoms with Crippen molar-refractivity contribution in [2.75, 3.05) is 14.2 Å². The number of aldehydes is 1. The van der Waals surface area contributed by atoms with Gasteiger partial charge in [0.05, 0.1) is 19.8 Å². The highest BCUT2D eigenvalue weighted by Crippen LogP contribution is 2.31. The van der Waals surface area contributed by atoms with E-state index in [1.807, 2.05) is 0 Å². The molecule has 1 aromatic carbocycles. The van der Waals surface area contributed by atoms with Crippen molar-refractivity contribution in [2.45, 2.75) is 0 Å². The smallest absolute Gasteiger partial charge is 0.171 e. The van der Waals surface area contributed by atoms with E-state index >= 15 is 0 Å². The minimum atomic E-state index is 0.452. The van der Waals surface area contributed by atoms with Crippen LogP contribution in [0.3, 0.4) is 0 Å². The average Bonchev–Trinajstić information content (AvgIpc) is 2.26. The van der Waals surface area contributed by atoms with E-state index in [0.717, 1.165) is 11.8 Å². The predicted molar refractivity (Wildman–Crippen MR) is 55.0 cm³/mol. The lowest BCUT2D eigenvalue weighted by atomic mass is 10.1. The molecule has 14 heavy (non-hydrogen) atoms. The first kappa shape index (κ1) is 10.3. The molecule has 0 radical (unpaired) electrons. The molecular weight excluding hydrogens is 180 g/mol. The monoisotopic (exact) mass is 192 g/mol. The van der Waals surface area contributed by atoms with E-state index in [-0.39, 0.29) is 0 Å². The Morgan fingerprint density at radius 2 is 2.00 bits per heavy atom. The lowest BCUT2D eigenvalue weighted by Crippen LogP contribution is -1.96. The van der Waals surface area contributed by atoms with Crippen LogP contribution in [0.15, 0.2) is 18.7 Å². The summed E-state index contributed by atoms with van der Waals surface area (Å²) >= 11 is 0. The summed E-state index contributed by atoms with van der Waals surface area (Å²) in [5, 5.41) is 0. The molecule has 74 valence electrons. The highest BCUT2D eigenvalue weighted by Gasteiger charge is 2.10. The zero-order chi connectivity index (χ0) is 10.6. The van der Waals surface area contributed by atoms with Gasteiger partial charge in [0.2, 0.25) is 0 Å². The second kappa shape index (κ2) is 4.46. The third kappa shape index (κ3) is 1.76. The van der Waals surface area contributed by atoms with E-state index in [2.05, 4.69) is 6.58 Å². The van der Waals surface area contributed by atoms with Crippen LogP contribution in [0.25, 0.3) is 6.08 Å². The first-order valence-electron chi connectivity index (χ1n) is 4.10. The fourth-order valence-electron chi connectivity index (χ4n) is 1.22. The van der Waals surface area contributed by atoms with Crippen LogP contribution in [0.5, 0.6) is 11.5 Å². The van der Waals surface area contributed by atoms with Crippen LogP contribution in [0.1, 0.15) is 15.9 Å². The van der Waals surface area contributed by atoms with E-state index in [1.165, 1.54) is 14.2 Å². The predicted octanol–water partition coefficient (Wildman–Crippen LogP) is 2.16. The van der Waals surface area contributed by atoms with Crippen LogP contribution in [0.4, 0.5) is 0 Å². The number of rotatable bonds is 4. The summed E-state index contributed by atoms with van der Waals surface area (Å²) < 4.78 is 10.2. The molecule has 0 bridgehead atoms. The molecule has 0 saturated carbocycles. The number of methoxy groups -OCH3 is 2. The van der Waals surface area contributed by atoms with Crippen molar-refractivity contribution in [1.82, 2.24) is 0 Å². The lowest BCUT2D eigenvalue weighted by molar-refractivity contribution is 0.112. The molecule has 0 spiro atoms. The number of hydrogen-bond acceptors (Lipinski definition) is 3.